The number of rotatable bonds is 4. The lowest BCUT2D eigenvalue weighted by Gasteiger charge is -2.25. The number of nitrogens with two attached hydrogens (primary N) is 1. The molecule has 0 radical (unpaired) electrons. The number of likely N-dealkylation sites (tertiary alicyclic amines) is 1. The molecular formula is C21H27N3O2. The summed E-state index contributed by atoms with van der Waals surface area (Å²) in [6, 6.07) is 10.8. The van der Waals surface area contributed by atoms with Gasteiger partial charge in [-0.15, -0.1) is 0 Å². The molecule has 0 saturated carbocycles. The van der Waals surface area contributed by atoms with Gasteiger partial charge in [0.15, 0.2) is 5.76 Å². The number of hydrogen-bond donors (Lipinski definition) is 1. The maximum Gasteiger partial charge on any atom is 0.289 e. The molecule has 0 bridgehead atoms. The topological polar surface area (TPSA) is 62.7 Å². The average molecular weight is 353 g/mol. The number of nitrogens with zero attached hydrogens (tertiary/aromatic N) is 2. The predicted molar refractivity (Wildman–Crippen MR) is 102 cm³/mol. The Morgan fingerprint density at radius 2 is 2.15 bits per heavy atom. The summed E-state index contributed by atoms with van der Waals surface area (Å²) in [4.78, 5) is 17.3. The Bertz CT molecular complexity index is 815. The van der Waals surface area contributed by atoms with Gasteiger partial charge in [0.2, 0.25) is 0 Å². The Hall–Kier alpha value is -2.27. The van der Waals surface area contributed by atoms with E-state index in [1.54, 1.807) is 6.26 Å². The highest BCUT2D eigenvalue weighted by Gasteiger charge is 2.37. The molecule has 3 heterocycles. The summed E-state index contributed by atoms with van der Waals surface area (Å²) in [6.07, 6.45) is 3.62. The first-order valence-electron chi connectivity index (χ1n) is 9.41. The van der Waals surface area contributed by atoms with Gasteiger partial charge < -0.3 is 20.0 Å². The minimum atomic E-state index is -0.0117. The molecule has 2 atom stereocenters. The van der Waals surface area contributed by atoms with Gasteiger partial charge in [-0.05, 0) is 49.4 Å². The van der Waals surface area contributed by atoms with Crippen LogP contribution in [0.15, 0.2) is 41.0 Å². The van der Waals surface area contributed by atoms with Gasteiger partial charge in [0.25, 0.3) is 5.91 Å². The molecule has 2 aromatic rings. The van der Waals surface area contributed by atoms with Crippen molar-refractivity contribution >= 4 is 11.6 Å². The third-order valence-corrected chi connectivity index (χ3v) is 5.97. The third kappa shape index (κ3) is 2.90. The Balaban J connectivity index is 1.54. The van der Waals surface area contributed by atoms with Gasteiger partial charge >= 0.3 is 0 Å². The van der Waals surface area contributed by atoms with Crippen molar-refractivity contribution in [1.82, 2.24) is 4.90 Å². The smallest absolute Gasteiger partial charge is 0.289 e. The van der Waals surface area contributed by atoms with E-state index in [1.165, 1.54) is 11.3 Å². The van der Waals surface area contributed by atoms with Crippen molar-refractivity contribution < 1.29 is 9.21 Å². The fraction of sp³-hybridized carbons (Fsp3) is 0.476. The molecule has 26 heavy (non-hydrogen) atoms. The Morgan fingerprint density at radius 1 is 1.35 bits per heavy atom. The van der Waals surface area contributed by atoms with Gasteiger partial charge in [0.1, 0.15) is 0 Å². The van der Waals surface area contributed by atoms with E-state index < -0.39 is 0 Å². The SMILES string of the molecule is CC1Cc2ccccc2N1Cc1ccoc1C(=O)N1CCC(C)(CN)C1. The second kappa shape index (κ2) is 6.47. The van der Waals surface area contributed by atoms with E-state index in [2.05, 4.69) is 43.0 Å². The van der Waals surface area contributed by atoms with E-state index >= 15 is 0 Å². The van der Waals surface area contributed by atoms with Gasteiger partial charge in [-0.2, -0.15) is 0 Å². The molecular weight excluding hydrogens is 326 g/mol. The van der Waals surface area contributed by atoms with Crippen molar-refractivity contribution in [2.75, 3.05) is 24.5 Å². The lowest BCUT2D eigenvalue weighted by Crippen LogP contribution is -2.35. The molecule has 1 aromatic carbocycles. The monoisotopic (exact) mass is 353 g/mol. The molecule has 1 amide bonds. The fourth-order valence-corrected chi connectivity index (χ4v) is 4.21. The Labute approximate surface area is 154 Å². The summed E-state index contributed by atoms with van der Waals surface area (Å²) in [7, 11) is 0. The zero-order chi connectivity index (χ0) is 18.3. The maximum atomic E-state index is 13.0. The first-order valence-corrected chi connectivity index (χ1v) is 9.41. The quantitative estimate of drug-likeness (QED) is 0.918. The molecule has 2 aliphatic rings. The van der Waals surface area contributed by atoms with Crippen LogP contribution in [0.4, 0.5) is 5.69 Å². The minimum Gasteiger partial charge on any atom is -0.459 e. The summed E-state index contributed by atoms with van der Waals surface area (Å²) in [5.41, 5.74) is 9.49. The maximum absolute atomic E-state index is 13.0. The fourth-order valence-electron chi connectivity index (χ4n) is 4.21. The highest BCUT2D eigenvalue weighted by atomic mass is 16.3. The molecule has 138 valence electrons. The first kappa shape index (κ1) is 17.2. The van der Waals surface area contributed by atoms with Crippen LogP contribution in [0.2, 0.25) is 0 Å². The standard InChI is InChI=1S/C21H27N3O2/c1-15-11-16-5-3-4-6-18(16)24(15)12-17-7-10-26-19(17)20(25)23-9-8-21(2,13-22)14-23/h3-7,10,15H,8-9,11-14,22H2,1-2H3. The molecule has 1 aromatic heterocycles. The van der Waals surface area contributed by atoms with Crippen LogP contribution >= 0.6 is 0 Å². The van der Waals surface area contributed by atoms with E-state index in [0.29, 0.717) is 31.4 Å². The highest BCUT2D eigenvalue weighted by molar-refractivity contribution is 5.93. The largest absolute Gasteiger partial charge is 0.459 e. The van der Waals surface area contributed by atoms with Crippen LogP contribution in [0.1, 0.15) is 41.9 Å². The number of furan rings is 1. The van der Waals surface area contributed by atoms with Crippen molar-refractivity contribution in [3.63, 3.8) is 0 Å². The molecule has 5 heteroatoms. The van der Waals surface area contributed by atoms with Crippen LogP contribution in [0.3, 0.4) is 0 Å². The lowest BCUT2D eigenvalue weighted by molar-refractivity contribution is 0.0743. The van der Waals surface area contributed by atoms with Gasteiger partial charge in [-0.25, -0.2) is 0 Å². The molecule has 4 rings (SSSR count). The summed E-state index contributed by atoms with van der Waals surface area (Å²) >= 11 is 0. The molecule has 0 spiro atoms. The van der Waals surface area contributed by atoms with E-state index in [9.17, 15) is 4.79 Å². The second-order valence-electron chi connectivity index (χ2n) is 8.08. The molecule has 1 saturated heterocycles. The van der Waals surface area contributed by atoms with Crippen LogP contribution in [0.25, 0.3) is 0 Å². The summed E-state index contributed by atoms with van der Waals surface area (Å²) in [5.74, 6) is 0.463. The molecule has 1 fully saturated rings. The second-order valence-corrected chi connectivity index (χ2v) is 8.08. The lowest BCUT2D eigenvalue weighted by atomic mass is 9.90. The predicted octanol–water partition coefficient (Wildman–Crippen LogP) is 3.04. The number of hydrogen-bond acceptors (Lipinski definition) is 4. The summed E-state index contributed by atoms with van der Waals surface area (Å²) in [6.45, 7) is 7.11. The number of benzene rings is 1. The molecule has 5 nitrogen and oxygen atoms in total. The summed E-state index contributed by atoms with van der Waals surface area (Å²) in [5, 5.41) is 0. The van der Waals surface area contributed by atoms with Crippen molar-refractivity contribution in [1.29, 1.82) is 0 Å². The molecule has 0 aliphatic carbocycles. The number of para-hydroxylation sites is 1. The van der Waals surface area contributed by atoms with E-state index in [1.807, 2.05) is 11.0 Å². The van der Waals surface area contributed by atoms with E-state index in [4.69, 9.17) is 10.2 Å². The zero-order valence-electron chi connectivity index (χ0n) is 15.6. The molecule has 2 aliphatic heterocycles. The average Bonchev–Trinajstić information content (AvgIpc) is 3.34. The van der Waals surface area contributed by atoms with Crippen molar-refractivity contribution in [2.45, 2.75) is 39.3 Å². The van der Waals surface area contributed by atoms with Crippen LogP contribution in [0, 0.1) is 5.41 Å². The summed E-state index contributed by atoms with van der Waals surface area (Å²) < 4.78 is 5.63. The zero-order valence-corrected chi connectivity index (χ0v) is 15.6. The van der Waals surface area contributed by atoms with Crippen LogP contribution in [-0.2, 0) is 13.0 Å². The number of carbonyl (C=O) groups excluding carboxylic acids is 1. The van der Waals surface area contributed by atoms with Gasteiger partial charge in [-0.1, -0.05) is 25.1 Å². The van der Waals surface area contributed by atoms with Crippen molar-refractivity contribution in [3.05, 3.63) is 53.5 Å². The number of amides is 1. The van der Waals surface area contributed by atoms with E-state index in [0.717, 1.165) is 24.9 Å². The highest BCUT2D eigenvalue weighted by Crippen LogP contribution is 2.34. The third-order valence-electron chi connectivity index (χ3n) is 5.97. The van der Waals surface area contributed by atoms with Crippen LogP contribution < -0.4 is 10.6 Å². The van der Waals surface area contributed by atoms with Crippen molar-refractivity contribution in [2.24, 2.45) is 11.1 Å². The Kier molecular flexibility index (Phi) is 4.27. The molecule has 2 N–H and O–H groups in total. The Morgan fingerprint density at radius 3 is 2.92 bits per heavy atom. The number of carbonyl (C=O) groups is 1. The number of anilines is 1. The minimum absolute atomic E-state index is 0.0117. The number of fused-ring (bicyclic) bond motifs is 1. The first-order chi connectivity index (χ1) is 12.5. The van der Waals surface area contributed by atoms with Gasteiger partial charge in [0.05, 0.1) is 6.26 Å². The van der Waals surface area contributed by atoms with Crippen LogP contribution in [0.5, 0.6) is 0 Å². The normalized spacial score (nSPS) is 25.0. The van der Waals surface area contributed by atoms with Crippen molar-refractivity contribution in [3.8, 4) is 0 Å². The molecule has 2 unspecified atom stereocenters. The van der Waals surface area contributed by atoms with Crippen LogP contribution in [-0.4, -0.2) is 36.5 Å². The van der Waals surface area contributed by atoms with E-state index in [-0.39, 0.29) is 11.3 Å². The van der Waals surface area contributed by atoms with Gasteiger partial charge in [0, 0.05) is 36.9 Å². The van der Waals surface area contributed by atoms with Gasteiger partial charge in [-0.3, -0.25) is 4.79 Å².